The Labute approximate surface area is 159 Å². The Kier molecular flexibility index (Phi) is 12.1. The summed E-state index contributed by atoms with van der Waals surface area (Å²) >= 11 is 0. The quantitative estimate of drug-likeness (QED) is 0.213. The molecule has 0 saturated heterocycles. The number of hydrogen-bond acceptors (Lipinski definition) is 4. The van der Waals surface area contributed by atoms with Crippen molar-refractivity contribution in [1.82, 2.24) is 10.6 Å². The summed E-state index contributed by atoms with van der Waals surface area (Å²) in [6, 6.07) is 0. The molecule has 1 rings (SSSR count). The lowest BCUT2D eigenvalue weighted by Crippen LogP contribution is -2.38. The molecule has 0 aliphatic heterocycles. The number of aliphatic hydroxyl groups excluding tert-OH is 1. The molecular weight excluding hydrogens is 330 g/mol. The summed E-state index contributed by atoms with van der Waals surface area (Å²) in [6.45, 7) is 8.84. The molecule has 0 bridgehead atoms. The third-order valence-electron chi connectivity index (χ3n) is 4.64. The van der Waals surface area contributed by atoms with Gasteiger partial charge >= 0.3 is 5.97 Å². The summed E-state index contributed by atoms with van der Waals surface area (Å²) in [6.07, 6.45) is 7.58. The summed E-state index contributed by atoms with van der Waals surface area (Å²) < 4.78 is 5.47. The van der Waals surface area contributed by atoms with E-state index in [4.69, 9.17) is 4.74 Å². The molecule has 0 aromatic carbocycles. The number of ether oxygens (including phenoxy) is 1. The minimum Gasteiger partial charge on any atom is -0.462 e. The Morgan fingerprint density at radius 1 is 1.27 bits per heavy atom. The van der Waals surface area contributed by atoms with Crippen molar-refractivity contribution >= 4 is 11.9 Å². The number of carbonyl (C=O) groups excluding carboxylic acids is 1. The third kappa shape index (κ3) is 10.6. The fraction of sp³-hybridized carbons (Fsp3) is 0.900. The maximum Gasteiger partial charge on any atom is 0.306 e. The average molecular weight is 370 g/mol. The van der Waals surface area contributed by atoms with Crippen LogP contribution in [-0.2, 0) is 9.53 Å². The fourth-order valence-electron chi connectivity index (χ4n) is 3.39. The number of aliphatic hydroxyl groups is 1. The second kappa shape index (κ2) is 13.8. The largest absolute Gasteiger partial charge is 0.462 e. The standard InChI is InChI=1S/C20H39N3O3/c1-4-21-20(23-15-17(11-13-24)14-16(2)3)22-12-7-10-19(25)26-18-8-5-6-9-18/h16-18,24H,4-15H2,1-3H3,(H2,21,22,23). The lowest BCUT2D eigenvalue weighted by Gasteiger charge is -2.17. The van der Waals surface area contributed by atoms with E-state index in [1.165, 1.54) is 12.8 Å². The van der Waals surface area contributed by atoms with Gasteiger partial charge in [-0.15, -0.1) is 0 Å². The van der Waals surface area contributed by atoms with E-state index in [-0.39, 0.29) is 18.7 Å². The molecule has 1 fully saturated rings. The summed E-state index contributed by atoms with van der Waals surface area (Å²) in [5, 5.41) is 15.8. The normalized spacial score (nSPS) is 16.7. The molecule has 0 radical (unpaired) electrons. The van der Waals surface area contributed by atoms with Gasteiger partial charge in [-0.1, -0.05) is 13.8 Å². The van der Waals surface area contributed by atoms with Crippen molar-refractivity contribution in [2.24, 2.45) is 16.8 Å². The van der Waals surface area contributed by atoms with Crippen molar-refractivity contribution in [2.45, 2.75) is 78.2 Å². The summed E-state index contributed by atoms with van der Waals surface area (Å²) in [5.74, 6) is 1.70. The van der Waals surface area contributed by atoms with Gasteiger partial charge in [0.25, 0.3) is 0 Å². The molecule has 0 aromatic heterocycles. The highest BCUT2D eigenvalue weighted by atomic mass is 16.5. The molecule has 0 amide bonds. The van der Waals surface area contributed by atoms with Crippen LogP contribution in [0.1, 0.15) is 72.1 Å². The van der Waals surface area contributed by atoms with E-state index >= 15 is 0 Å². The van der Waals surface area contributed by atoms with Gasteiger partial charge in [0.15, 0.2) is 5.96 Å². The zero-order valence-electron chi connectivity index (χ0n) is 16.9. The SMILES string of the molecule is CCNC(=NCC(CCO)CC(C)C)NCCCC(=O)OC1CCCC1. The zero-order valence-corrected chi connectivity index (χ0v) is 16.9. The number of carbonyl (C=O) groups is 1. The van der Waals surface area contributed by atoms with E-state index in [0.29, 0.717) is 31.3 Å². The molecule has 1 aliphatic carbocycles. The Hall–Kier alpha value is -1.30. The Morgan fingerprint density at radius 3 is 2.62 bits per heavy atom. The van der Waals surface area contributed by atoms with Crippen molar-refractivity contribution in [2.75, 3.05) is 26.2 Å². The maximum absolute atomic E-state index is 11.8. The van der Waals surface area contributed by atoms with Gasteiger partial charge in [0.1, 0.15) is 6.10 Å². The third-order valence-corrected chi connectivity index (χ3v) is 4.64. The molecule has 0 heterocycles. The van der Waals surface area contributed by atoms with Crippen LogP contribution >= 0.6 is 0 Å². The molecule has 3 N–H and O–H groups in total. The molecular formula is C20H39N3O3. The van der Waals surface area contributed by atoms with Gasteiger partial charge < -0.3 is 20.5 Å². The van der Waals surface area contributed by atoms with Crippen LogP contribution in [0.3, 0.4) is 0 Å². The van der Waals surface area contributed by atoms with Crippen molar-refractivity contribution in [3.8, 4) is 0 Å². The van der Waals surface area contributed by atoms with Crippen molar-refractivity contribution < 1.29 is 14.6 Å². The predicted octanol–water partition coefficient (Wildman–Crippen LogP) is 2.85. The van der Waals surface area contributed by atoms with E-state index < -0.39 is 0 Å². The van der Waals surface area contributed by atoms with Gasteiger partial charge in [0, 0.05) is 32.7 Å². The van der Waals surface area contributed by atoms with Crippen molar-refractivity contribution in [3.05, 3.63) is 0 Å². The molecule has 1 atom stereocenters. The molecule has 26 heavy (non-hydrogen) atoms. The molecule has 6 heteroatoms. The molecule has 6 nitrogen and oxygen atoms in total. The van der Waals surface area contributed by atoms with Gasteiger partial charge in [-0.3, -0.25) is 9.79 Å². The summed E-state index contributed by atoms with van der Waals surface area (Å²) in [7, 11) is 0. The Balaban J connectivity index is 2.30. The Bertz CT molecular complexity index is 407. The highest BCUT2D eigenvalue weighted by molar-refractivity contribution is 5.79. The van der Waals surface area contributed by atoms with Gasteiger partial charge in [-0.25, -0.2) is 0 Å². The van der Waals surface area contributed by atoms with Crippen LogP contribution in [0.2, 0.25) is 0 Å². The van der Waals surface area contributed by atoms with Crippen LogP contribution in [-0.4, -0.2) is 49.4 Å². The van der Waals surface area contributed by atoms with Crippen molar-refractivity contribution in [3.63, 3.8) is 0 Å². The van der Waals surface area contributed by atoms with Crippen LogP contribution in [0, 0.1) is 11.8 Å². The van der Waals surface area contributed by atoms with Crippen LogP contribution in [0.5, 0.6) is 0 Å². The number of hydrogen-bond donors (Lipinski definition) is 3. The van der Waals surface area contributed by atoms with E-state index in [2.05, 4.69) is 29.5 Å². The van der Waals surface area contributed by atoms with Gasteiger partial charge in [0.05, 0.1) is 0 Å². The van der Waals surface area contributed by atoms with E-state index in [1.54, 1.807) is 0 Å². The molecule has 0 aromatic rings. The first-order valence-corrected chi connectivity index (χ1v) is 10.4. The number of nitrogens with zero attached hydrogens (tertiary/aromatic N) is 1. The minimum absolute atomic E-state index is 0.0828. The topological polar surface area (TPSA) is 83.0 Å². The number of guanidine groups is 1. The van der Waals surface area contributed by atoms with E-state index in [1.807, 2.05) is 6.92 Å². The minimum atomic E-state index is -0.0828. The van der Waals surface area contributed by atoms with Gasteiger partial charge in [-0.2, -0.15) is 0 Å². The first-order chi connectivity index (χ1) is 12.5. The fourth-order valence-corrected chi connectivity index (χ4v) is 3.39. The number of esters is 1. The van der Waals surface area contributed by atoms with Gasteiger partial charge in [-0.05, 0) is 63.7 Å². The number of rotatable bonds is 12. The lowest BCUT2D eigenvalue weighted by atomic mass is 9.94. The molecule has 1 aliphatic rings. The van der Waals surface area contributed by atoms with E-state index in [0.717, 1.165) is 44.6 Å². The second-order valence-corrected chi connectivity index (χ2v) is 7.65. The van der Waals surface area contributed by atoms with Crippen molar-refractivity contribution in [1.29, 1.82) is 0 Å². The first-order valence-electron chi connectivity index (χ1n) is 10.4. The highest BCUT2D eigenvalue weighted by Crippen LogP contribution is 2.21. The van der Waals surface area contributed by atoms with Crippen LogP contribution < -0.4 is 10.6 Å². The summed E-state index contributed by atoms with van der Waals surface area (Å²) in [5.41, 5.74) is 0. The Morgan fingerprint density at radius 2 is 2.00 bits per heavy atom. The smallest absolute Gasteiger partial charge is 0.306 e. The molecule has 152 valence electrons. The predicted molar refractivity (Wildman–Crippen MR) is 106 cm³/mol. The number of nitrogens with one attached hydrogen (secondary N) is 2. The molecule has 0 spiro atoms. The second-order valence-electron chi connectivity index (χ2n) is 7.65. The van der Waals surface area contributed by atoms with Crippen LogP contribution in [0.4, 0.5) is 0 Å². The zero-order chi connectivity index (χ0) is 19.2. The highest BCUT2D eigenvalue weighted by Gasteiger charge is 2.18. The maximum atomic E-state index is 11.8. The van der Waals surface area contributed by atoms with Gasteiger partial charge in [0.2, 0.25) is 0 Å². The van der Waals surface area contributed by atoms with E-state index in [9.17, 15) is 9.90 Å². The lowest BCUT2D eigenvalue weighted by molar-refractivity contribution is -0.148. The first kappa shape index (κ1) is 22.7. The summed E-state index contributed by atoms with van der Waals surface area (Å²) in [4.78, 5) is 16.5. The molecule has 1 unspecified atom stereocenters. The average Bonchev–Trinajstić information content (AvgIpc) is 3.08. The molecule has 1 saturated carbocycles. The van der Waals surface area contributed by atoms with Crippen LogP contribution in [0.25, 0.3) is 0 Å². The monoisotopic (exact) mass is 369 g/mol. The number of aliphatic imine (C=N–C) groups is 1. The van der Waals surface area contributed by atoms with Crippen LogP contribution in [0.15, 0.2) is 4.99 Å².